The number of carbonyl (C=O) groups excluding carboxylic acids is 1. The summed E-state index contributed by atoms with van der Waals surface area (Å²) in [6.07, 6.45) is 0. The van der Waals surface area contributed by atoms with Crippen molar-refractivity contribution in [1.82, 2.24) is 0 Å². The summed E-state index contributed by atoms with van der Waals surface area (Å²) in [5, 5.41) is 7.42. The van der Waals surface area contributed by atoms with Gasteiger partial charge in [0.25, 0.3) is 5.97 Å². The van der Waals surface area contributed by atoms with Gasteiger partial charge in [-0.1, -0.05) is 0 Å². The van der Waals surface area contributed by atoms with E-state index in [1.165, 1.54) is 0 Å². The van der Waals surface area contributed by atoms with Crippen LogP contribution in [-0.2, 0) is 9.59 Å². The van der Waals surface area contributed by atoms with Crippen molar-refractivity contribution in [2.75, 3.05) is 0 Å². The van der Waals surface area contributed by atoms with Gasteiger partial charge in [0.2, 0.25) is 0 Å². The molecule has 1 N–H and O–H groups in total. The first-order chi connectivity index (χ1) is 2.73. The Bertz CT molecular complexity index is 41.4. The average molecular weight is 120 g/mol. The Hall–Kier alpha value is -0.328. The highest BCUT2D eigenvalue weighted by molar-refractivity contribution is 5.75. The molecule has 0 aliphatic heterocycles. The van der Waals surface area contributed by atoms with Crippen molar-refractivity contribution in [3.05, 3.63) is 0 Å². The van der Waals surface area contributed by atoms with E-state index in [0.717, 1.165) is 6.92 Å². The van der Waals surface area contributed by atoms with Gasteiger partial charge in [0, 0.05) is 6.92 Å². The van der Waals surface area contributed by atoms with E-state index in [1.54, 1.807) is 0 Å². The fourth-order valence-corrected chi connectivity index (χ4v) is 0. The molecule has 0 saturated carbocycles. The largest absolute Gasteiger partial charge is 0.481 e. The molecule has 0 aliphatic carbocycles. The maximum Gasteiger partial charge on any atom is 0.300 e. The molecule has 0 amide bonds. The van der Waals surface area contributed by atoms with Gasteiger partial charge in [0.1, 0.15) is 6.79 Å². The molecular weight excluding hydrogens is 111 g/mol. The second kappa shape index (κ2) is 17.3. The third-order valence-corrected chi connectivity index (χ3v) is 0. The molecule has 0 spiro atoms. The molecular formula is C3H9AlO3. The summed E-state index contributed by atoms with van der Waals surface area (Å²) in [6, 6.07) is 0. The van der Waals surface area contributed by atoms with Crippen molar-refractivity contribution in [3.8, 4) is 0 Å². The number of hydrogen-bond donors (Lipinski definition) is 1. The molecule has 0 saturated heterocycles. The van der Waals surface area contributed by atoms with E-state index in [-0.39, 0.29) is 17.4 Å². The number of carboxylic acids is 1. The zero-order valence-electron chi connectivity index (χ0n) is 3.47. The topological polar surface area (TPSA) is 54.4 Å². The number of hydrogen-bond acceptors (Lipinski definition) is 2. The van der Waals surface area contributed by atoms with Gasteiger partial charge in [0.05, 0.1) is 0 Å². The van der Waals surface area contributed by atoms with Crippen molar-refractivity contribution in [2.24, 2.45) is 0 Å². The van der Waals surface area contributed by atoms with Crippen molar-refractivity contribution in [3.63, 3.8) is 0 Å². The third kappa shape index (κ3) is 713. The maximum absolute atomic E-state index is 9.00. The fourth-order valence-electron chi connectivity index (χ4n) is 0. The van der Waals surface area contributed by atoms with E-state index in [4.69, 9.17) is 14.7 Å². The van der Waals surface area contributed by atoms with E-state index in [2.05, 4.69) is 0 Å². The maximum atomic E-state index is 9.00. The van der Waals surface area contributed by atoms with Gasteiger partial charge in [-0.2, -0.15) is 0 Å². The lowest BCUT2D eigenvalue weighted by molar-refractivity contribution is -0.134. The van der Waals surface area contributed by atoms with Crippen LogP contribution in [0.25, 0.3) is 0 Å². The molecule has 0 atom stereocenters. The molecule has 0 unspecified atom stereocenters. The van der Waals surface area contributed by atoms with Crippen LogP contribution in [0.5, 0.6) is 0 Å². The van der Waals surface area contributed by atoms with E-state index in [9.17, 15) is 0 Å². The van der Waals surface area contributed by atoms with E-state index >= 15 is 0 Å². The molecule has 0 rings (SSSR count). The molecule has 0 aromatic heterocycles. The van der Waals surface area contributed by atoms with Gasteiger partial charge < -0.3 is 9.90 Å². The van der Waals surface area contributed by atoms with Crippen molar-refractivity contribution in [1.29, 1.82) is 0 Å². The average Bonchev–Trinajstić information content (AvgIpc) is 1.41. The van der Waals surface area contributed by atoms with E-state index in [1.807, 2.05) is 6.79 Å². The molecule has 7 heavy (non-hydrogen) atoms. The molecule has 0 bridgehead atoms. The van der Waals surface area contributed by atoms with Crippen LogP contribution in [-0.4, -0.2) is 35.2 Å². The third-order valence-electron chi connectivity index (χ3n) is 0. The highest BCUT2D eigenvalue weighted by Crippen LogP contribution is 1.42. The standard InChI is InChI=1S/C2H4O2.CH2O.Al.3H/c1-2(3)4;1-2;;;;/h1H3,(H,3,4);1H2;;;;. The van der Waals surface area contributed by atoms with Crippen molar-refractivity contribution >= 4 is 30.1 Å². The number of carboxylic acid groups (broad SMARTS) is 1. The molecule has 0 fully saturated rings. The van der Waals surface area contributed by atoms with Crippen LogP contribution < -0.4 is 0 Å². The monoisotopic (exact) mass is 120 g/mol. The first kappa shape index (κ1) is 15.9. The first-order valence-electron chi connectivity index (χ1n) is 1.22. The van der Waals surface area contributed by atoms with Crippen LogP contribution in [0.3, 0.4) is 0 Å². The van der Waals surface area contributed by atoms with Gasteiger partial charge in [0.15, 0.2) is 17.4 Å². The second-order valence-electron chi connectivity index (χ2n) is 0.519. The lowest BCUT2D eigenvalue weighted by Crippen LogP contribution is -1.78. The molecule has 42 valence electrons. The molecule has 3 nitrogen and oxygen atoms in total. The minimum atomic E-state index is -0.833. The molecule has 0 aromatic carbocycles. The highest BCUT2D eigenvalue weighted by atomic mass is 27.0. The first-order valence-corrected chi connectivity index (χ1v) is 1.22. The number of rotatable bonds is 0. The minimum Gasteiger partial charge on any atom is -0.481 e. The Balaban J connectivity index is -0.0000000480. The normalized spacial score (nSPS) is 4.14. The fraction of sp³-hybridized carbons (Fsp3) is 0.333. The van der Waals surface area contributed by atoms with E-state index in [0.29, 0.717) is 0 Å². The SMILES string of the molecule is C=O.CC(=O)O.[AlH3]. The smallest absolute Gasteiger partial charge is 0.300 e. The number of aliphatic carboxylic acids is 1. The van der Waals surface area contributed by atoms with Crippen LogP contribution in [0.1, 0.15) is 6.92 Å². The Morgan fingerprint density at radius 2 is 1.57 bits per heavy atom. The zero-order valence-corrected chi connectivity index (χ0v) is 3.47. The summed E-state index contributed by atoms with van der Waals surface area (Å²) >= 11 is 0. The highest BCUT2D eigenvalue weighted by Gasteiger charge is 1.65. The van der Waals surface area contributed by atoms with Gasteiger partial charge in [-0.05, 0) is 0 Å². The summed E-state index contributed by atoms with van der Waals surface area (Å²) in [6.45, 7) is 3.08. The van der Waals surface area contributed by atoms with Crippen LogP contribution in [0.2, 0.25) is 0 Å². The Morgan fingerprint density at radius 3 is 1.57 bits per heavy atom. The van der Waals surface area contributed by atoms with Gasteiger partial charge >= 0.3 is 0 Å². The zero-order chi connectivity index (χ0) is 5.58. The predicted octanol–water partition coefficient (Wildman–Crippen LogP) is -1.28. The molecule has 0 aromatic rings. The predicted molar refractivity (Wildman–Crippen MR) is 30.4 cm³/mol. The lowest BCUT2D eigenvalue weighted by atomic mass is 10.9. The van der Waals surface area contributed by atoms with Gasteiger partial charge in [-0.25, -0.2) is 0 Å². The molecule has 0 aliphatic rings. The summed E-state index contributed by atoms with van der Waals surface area (Å²) < 4.78 is 0. The minimum absolute atomic E-state index is 0. The van der Waals surface area contributed by atoms with Crippen LogP contribution in [0.15, 0.2) is 0 Å². The molecule has 0 radical (unpaired) electrons. The van der Waals surface area contributed by atoms with E-state index < -0.39 is 5.97 Å². The molecule has 0 heterocycles. The molecule has 4 heteroatoms. The lowest BCUT2D eigenvalue weighted by Gasteiger charge is -1.59. The Morgan fingerprint density at radius 1 is 1.57 bits per heavy atom. The van der Waals surface area contributed by atoms with Crippen molar-refractivity contribution in [2.45, 2.75) is 6.92 Å². The van der Waals surface area contributed by atoms with Gasteiger partial charge in [-0.15, -0.1) is 0 Å². The Labute approximate surface area is 52.5 Å². The van der Waals surface area contributed by atoms with Gasteiger partial charge in [-0.3, -0.25) is 4.79 Å². The van der Waals surface area contributed by atoms with Crippen LogP contribution >= 0.6 is 0 Å². The second-order valence-corrected chi connectivity index (χ2v) is 0.519. The van der Waals surface area contributed by atoms with Crippen molar-refractivity contribution < 1.29 is 14.7 Å². The van der Waals surface area contributed by atoms with Crippen LogP contribution in [0.4, 0.5) is 0 Å². The summed E-state index contributed by atoms with van der Waals surface area (Å²) in [5.41, 5.74) is 0. The summed E-state index contributed by atoms with van der Waals surface area (Å²) in [7, 11) is 0. The number of carbonyl (C=O) groups is 2. The summed E-state index contributed by atoms with van der Waals surface area (Å²) in [4.78, 5) is 17.0. The summed E-state index contributed by atoms with van der Waals surface area (Å²) in [5.74, 6) is -0.833. The van der Waals surface area contributed by atoms with Crippen LogP contribution in [0, 0.1) is 0 Å². The Kier molecular flexibility index (Phi) is 39.4. The quantitative estimate of drug-likeness (QED) is 0.405.